The van der Waals surface area contributed by atoms with Crippen LogP contribution in [-0.2, 0) is 6.61 Å². The van der Waals surface area contributed by atoms with Crippen LogP contribution in [0.3, 0.4) is 0 Å². The molecule has 0 saturated heterocycles. The maximum Gasteiger partial charge on any atom is 0.211 e. The zero-order valence-electron chi connectivity index (χ0n) is 10.4. The van der Waals surface area contributed by atoms with Gasteiger partial charge in [0.15, 0.2) is 11.1 Å². The molecule has 0 atom stereocenters. The molecule has 0 saturated carbocycles. The van der Waals surface area contributed by atoms with E-state index in [0.29, 0.717) is 22.5 Å². The Bertz CT molecular complexity index is 839. The highest BCUT2D eigenvalue weighted by molar-refractivity contribution is 5.74. The highest BCUT2D eigenvalue weighted by Gasteiger charge is 2.09. The summed E-state index contributed by atoms with van der Waals surface area (Å²) < 4.78 is 5.64. The lowest BCUT2D eigenvalue weighted by Crippen LogP contribution is -2.02. The molecule has 100 valence electrons. The molecule has 3 aromatic rings. The van der Waals surface area contributed by atoms with Gasteiger partial charge in [-0.05, 0) is 30.3 Å². The summed E-state index contributed by atoms with van der Waals surface area (Å²) in [5.74, 6) is 0.367. The molecule has 0 aliphatic heterocycles. The van der Waals surface area contributed by atoms with E-state index in [1.165, 1.54) is 18.3 Å². The van der Waals surface area contributed by atoms with Crippen molar-refractivity contribution in [3.05, 3.63) is 58.4 Å². The SMILES string of the molecule is O=c1cc(-c2ccc(O)c(CO)c2)oc2cccnc12. The number of aliphatic hydroxyl groups excluding tert-OH is 1. The normalized spacial score (nSPS) is 10.8. The van der Waals surface area contributed by atoms with E-state index >= 15 is 0 Å². The molecule has 0 spiro atoms. The largest absolute Gasteiger partial charge is 0.508 e. The minimum absolute atomic E-state index is 0.000975. The summed E-state index contributed by atoms with van der Waals surface area (Å²) in [5, 5.41) is 18.7. The van der Waals surface area contributed by atoms with Crippen LogP contribution >= 0.6 is 0 Å². The van der Waals surface area contributed by atoms with E-state index in [-0.39, 0.29) is 23.3 Å². The smallest absolute Gasteiger partial charge is 0.211 e. The van der Waals surface area contributed by atoms with Crippen LogP contribution in [0.1, 0.15) is 5.56 Å². The fraction of sp³-hybridized carbons (Fsp3) is 0.0667. The van der Waals surface area contributed by atoms with E-state index in [0.717, 1.165) is 0 Å². The molecule has 3 rings (SSSR count). The first-order valence-corrected chi connectivity index (χ1v) is 6.01. The predicted octanol–water partition coefficient (Wildman–Crippen LogP) is 2.05. The number of hydrogen-bond donors (Lipinski definition) is 2. The van der Waals surface area contributed by atoms with E-state index in [1.807, 2.05) is 0 Å². The zero-order chi connectivity index (χ0) is 14.1. The number of aromatic hydroxyl groups is 1. The number of hydrogen-bond acceptors (Lipinski definition) is 5. The first-order valence-electron chi connectivity index (χ1n) is 6.01. The van der Waals surface area contributed by atoms with E-state index in [2.05, 4.69) is 4.98 Å². The first-order chi connectivity index (χ1) is 9.69. The monoisotopic (exact) mass is 269 g/mol. The van der Waals surface area contributed by atoms with Crippen molar-refractivity contribution >= 4 is 11.1 Å². The van der Waals surface area contributed by atoms with Gasteiger partial charge in [0.2, 0.25) is 5.43 Å². The lowest BCUT2D eigenvalue weighted by atomic mass is 10.1. The fourth-order valence-corrected chi connectivity index (χ4v) is 2.00. The van der Waals surface area contributed by atoms with Crippen molar-refractivity contribution < 1.29 is 14.6 Å². The number of fused-ring (bicyclic) bond motifs is 1. The molecular formula is C15H11NO4. The Kier molecular flexibility index (Phi) is 2.96. The average Bonchev–Trinajstić information content (AvgIpc) is 2.47. The van der Waals surface area contributed by atoms with Crippen LogP contribution in [0.2, 0.25) is 0 Å². The molecule has 0 radical (unpaired) electrons. The van der Waals surface area contributed by atoms with Crippen molar-refractivity contribution in [2.45, 2.75) is 6.61 Å². The Morgan fingerprint density at radius 2 is 2.05 bits per heavy atom. The number of pyridine rings is 1. The third-order valence-corrected chi connectivity index (χ3v) is 3.02. The molecule has 0 amide bonds. The Morgan fingerprint density at radius 3 is 2.85 bits per heavy atom. The fourth-order valence-electron chi connectivity index (χ4n) is 2.00. The molecule has 1 aromatic carbocycles. The quantitative estimate of drug-likeness (QED) is 0.744. The van der Waals surface area contributed by atoms with Gasteiger partial charge in [0.1, 0.15) is 11.5 Å². The summed E-state index contributed by atoms with van der Waals surface area (Å²) in [4.78, 5) is 16.0. The third kappa shape index (κ3) is 2.04. The van der Waals surface area contributed by atoms with Crippen LogP contribution in [0.25, 0.3) is 22.4 Å². The topological polar surface area (TPSA) is 83.6 Å². The molecule has 2 N–H and O–H groups in total. The third-order valence-electron chi connectivity index (χ3n) is 3.02. The second kappa shape index (κ2) is 4.79. The number of benzene rings is 1. The Morgan fingerprint density at radius 1 is 1.20 bits per heavy atom. The molecule has 5 heteroatoms. The molecule has 2 aromatic heterocycles. The van der Waals surface area contributed by atoms with Gasteiger partial charge < -0.3 is 14.6 Å². The second-order valence-electron chi connectivity index (χ2n) is 4.33. The summed E-state index contributed by atoms with van der Waals surface area (Å²) in [7, 11) is 0. The van der Waals surface area contributed by atoms with E-state index < -0.39 is 0 Å². The molecule has 20 heavy (non-hydrogen) atoms. The molecular weight excluding hydrogens is 258 g/mol. The molecule has 0 aliphatic rings. The number of rotatable bonds is 2. The van der Waals surface area contributed by atoms with Crippen molar-refractivity contribution in [1.82, 2.24) is 4.98 Å². The van der Waals surface area contributed by atoms with Crippen molar-refractivity contribution in [2.24, 2.45) is 0 Å². The Hall–Kier alpha value is -2.66. The lowest BCUT2D eigenvalue weighted by Gasteiger charge is -2.06. The van der Waals surface area contributed by atoms with Crippen LogP contribution in [0.5, 0.6) is 5.75 Å². The maximum absolute atomic E-state index is 12.0. The molecule has 5 nitrogen and oxygen atoms in total. The summed E-state index contributed by atoms with van der Waals surface area (Å²) in [6.07, 6.45) is 1.53. The predicted molar refractivity (Wildman–Crippen MR) is 73.3 cm³/mol. The highest BCUT2D eigenvalue weighted by Crippen LogP contribution is 2.26. The molecule has 0 bridgehead atoms. The zero-order valence-corrected chi connectivity index (χ0v) is 10.4. The summed E-state index contributed by atoms with van der Waals surface area (Å²) in [6, 6.07) is 9.35. The van der Waals surface area contributed by atoms with Gasteiger partial charge >= 0.3 is 0 Å². The van der Waals surface area contributed by atoms with E-state index in [4.69, 9.17) is 9.52 Å². The maximum atomic E-state index is 12.0. The summed E-state index contributed by atoms with van der Waals surface area (Å²) in [6.45, 7) is -0.293. The Balaban J connectivity index is 2.22. The second-order valence-corrected chi connectivity index (χ2v) is 4.33. The van der Waals surface area contributed by atoms with Crippen molar-refractivity contribution in [1.29, 1.82) is 0 Å². The van der Waals surface area contributed by atoms with Gasteiger partial charge in [-0.1, -0.05) is 0 Å². The van der Waals surface area contributed by atoms with Gasteiger partial charge in [-0.15, -0.1) is 0 Å². The van der Waals surface area contributed by atoms with Crippen molar-refractivity contribution in [3.8, 4) is 17.1 Å². The minimum atomic E-state index is -0.293. The van der Waals surface area contributed by atoms with Gasteiger partial charge in [-0.2, -0.15) is 0 Å². The number of phenols is 1. The Labute approximate surface area is 113 Å². The standard InChI is InChI=1S/C15H11NO4/c17-8-10-6-9(3-4-11(10)18)14-7-12(19)15-13(20-14)2-1-5-16-15/h1-7,17-18H,8H2. The van der Waals surface area contributed by atoms with E-state index in [9.17, 15) is 9.90 Å². The van der Waals surface area contributed by atoms with Gasteiger partial charge in [-0.25, -0.2) is 4.98 Å². The van der Waals surface area contributed by atoms with Crippen molar-refractivity contribution in [2.75, 3.05) is 0 Å². The number of nitrogens with zero attached hydrogens (tertiary/aromatic N) is 1. The summed E-state index contributed by atoms with van der Waals surface area (Å²) >= 11 is 0. The lowest BCUT2D eigenvalue weighted by molar-refractivity contribution is 0.275. The summed E-state index contributed by atoms with van der Waals surface area (Å²) in [5.41, 5.74) is 1.41. The van der Waals surface area contributed by atoms with Gasteiger partial charge in [0.25, 0.3) is 0 Å². The van der Waals surface area contributed by atoms with Gasteiger partial charge in [-0.3, -0.25) is 4.79 Å². The van der Waals surface area contributed by atoms with Crippen LogP contribution in [0, 0.1) is 0 Å². The van der Waals surface area contributed by atoms with Gasteiger partial charge in [0.05, 0.1) is 6.61 Å². The molecule has 0 aliphatic carbocycles. The van der Waals surface area contributed by atoms with Crippen LogP contribution in [0.15, 0.2) is 51.8 Å². The number of aliphatic hydroxyl groups is 1. The average molecular weight is 269 g/mol. The molecule has 0 fully saturated rings. The van der Waals surface area contributed by atoms with Crippen LogP contribution < -0.4 is 5.43 Å². The van der Waals surface area contributed by atoms with Gasteiger partial charge in [0, 0.05) is 23.4 Å². The van der Waals surface area contributed by atoms with Crippen LogP contribution in [0.4, 0.5) is 0 Å². The minimum Gasteiger partial charge on any atom is -0.508 e. The highest BCUT2D eigenvalue weighted by atomic mass is 16.3. The number of aromatic nitrogens is 1. The first kappa shape index (κ1) is 12.4. The molecule has 0 unspecified atom stereocenters. The van der Waals surface area contributed by atoms with E-state index in [1.54, 1.807) is 24.3 Å². The van der Waals surface area contributed by atoms with Crippen LogP contribution in [-0.4, -0.2) is 15.2 Å². The van der Waals surface area contributed by atoms with Crippen molar-refractivity contribution in [3.63, 3.8) is 0 Å². The molecule has 2 heterocycles.